The predicted molar refractivity (Wildman–Crippen MR) is 106 cm³/mol. The number of carbonyl (C=O) groups excluding carboxylic acids is 2. The van der Waals surface area contributed by atoms with Crippen LogP contribution in [0.4, 0.5) is 9.52 Å². The van der Waals surface area contributed by atoms with Crippen LogP contribution in [0.5, 0.6) is 0 Å². The van der Waals surface area contributed by atoms with Crippen LogP contribution in [-0.4, -0.2) is 65.4 Å². The average Bonchev–Trinajstić information content (AvgIpc) is 3.40. The van der Waals surface area contributed by atoms with E-state index < -0.39 is 0 Å². The molecule has 6 nitrogen and oxygen atoms in total. The Morgan fingerprint density at radius 1 is 1.14 bits per heavy atom. The van der Waals surface area contributed by atoms with E-state index in [1.54, 1.807) is 41.5 Å². The van der Waals surface area contributed by atoms with E-state index >= 15 is 0 Å². The molecule has 2 amide bonds. The number of aryl methyl sites for hydroxylation is 1. The molecular weight excluding hydrogens is 379 g/mol. The Morgan fingerprint density at radius 2 is 1.89 bits per heavy atom. The van der Waals surface area contributed by atoms with E-state index in [1.807, 2.05) is 10.3 Å². The van der Waals surface area contributed by atoms with Crippen molar-refractivity contribution in [2.75, 3.05) is 37.6 Å². The topological polar surface area (TPSA) is 56.8 Å². The molecule has 28 heavy (non-hydrogen) atoms. The summed E-state index contributed by atoms with van der Waals surface area (Å²) >= 11 is 1.55. The summed E-state index contributed by atoms with van der Waals surface area (Å²) in [4.78, 5) is 35.7. The standard InChI is InChI=1S/C20H23FN4O2S/c1-14-4-5-15(13-16(14)21)18(26)23-8-10-24(11-9-23)19(27)17-3-2-7-25(17)20-22-6-12-28-20/h4-6,12-13,17H,2-3,7-11H2,1H3. The Kier molecular flexibility index (Phi) is 5.30. The number of halogens is 1. The Morgan fingerprint density at radius 3 is 2.57 bits per heavy atom. The summed E-state index contributed by atoms with van der Waals surface area (Å²) in [6, 6.07) is 4.40. The minimum absolute atomic E-state index is 0.112. The quantitative estimate of drug-likeness (QED) is 0.792. The molecular formula is C20H23FN4O2S. The number of anilines is 1. The van der Waals surface area contributed by atoms with Gasteiger partial charge in [0.05, 0.1) is 0 Å². The van der Waals surface area contributed by atoms with E-state index in [9.17, 15) is 14.0 Å². The van der Waals surface area contributed by atoms with Crippen molar-refractivity contribution in [3.8, 4) is 0 Å². The third-order valence-corrected chi connectivity index (χ3v) is 6.31. The maximum absolute atomic E-state index is 13.8. The fourth-order valence-electron chi connectivity index (χ4n) is 3.86. The summed E-state index contributed by atoms with van der Waals surface area (Å²) < 4.78 is 13.8. The van der Waals surface area contributed by atoms with Crippen LogP contribution in [0.25, 0.3) is 0 Å². The van der Waals surface area contributed by atoms with Gasteiger partial charge in [0.15, 0.2) is 5.13 Å². The lowest BCUT2D eigenvalue weighted by Gasteiger charge is -2.37. The molecule has 1 aromatic heterocycles. The van der Waals surface area contributed by atoms with Crippen molar-refractivity contribution in [2.45, 2.75) is 25.8 Å². The van der Waals surface area contributed by atoms with Gasteiger partial charge in [-0.3, -0.25) is 9.59 Å². The average molecular weight is 402 g/mol. The summed E-state index contributed by atoms with van der Waals surface area (Å²) in [6.45, 7) is 4.45. The van der Waals surface area contributed by atoms with Gasteiger partial charge in [0.2, 0.25) is 5.91 Å². The number of hydrogen-bond acceptors (Lipinski definition) is 5. The van der Waals surface area contributed by atoms with Crippen molar-refractivity contribution in [2.24, 2.45) is 0 Å². The van der Waals surface area contributed by atoms with Crippen molar-refractivity contribution < 1.29 is 14.0 Å². The zero-order valence-electron chi connectivity index (χ0n) is 15.8. The normalized spacial score (nSPS) is 19.9. The van der Waals surface area contributed by atoms with Gasteiger partial charge in [-0.25, -0.2) is 9.37 Å². The van der Waals surface area contributed by atoms with Crippen molar-refractivity contribution in [1.29, 1.82) is 0 Å². The number of amides is 2. The van der Waals surface area contributed by atoms with E-state index in [2.05, 4.69) is 9.88 Å². The number of carbonyl (C=O) groups is 2. The van der Waals surface area contributed by atoms with E-state index in [0.717, 1.165) is 24.5 Å². The van der Waals surface area contributed by atoms with Gasteiger partial charge in [-0.1, -0.05) is 6.07 Å². The molecule has 0 saturated carbocycles. The minimum Gasteiger partial charge on any atom is -0.337 e. The fraction of sp³-hybridized carbons (Fsp3) is 0.450. The maximum atomic E-state index is 13.8. The van der Waals surface area contributed by atoms with Crippen LogP contribution in [0.2, 0.25) is 0 Å². The summed E-state index contributed by atoms with van der Waals surface area (Å²) in [5.41, 5.74) is 0.877. The van der Waals surface area contributed by atoms with Gasteiger partial charge in [0.25, 0.3) is 5.91 Å². The van der Waals surface area contributed by atoms with Crippen LogP contribution in [0.15, 0.2) is 29.8 Å². The van der Waals surface area contributed by atoms with Gasteiger partial charge in [-0.15, -0.1) is 11.3 Å². The van der Waals surface area contributed by atoms with E-state index in [0.29, 0.717) is 37.3 Å². The molecule has 2 aliphatic rings. The highest BCUT2D eigenvalue weighted by Crippen LogP contribution is 2.28. The summed E-state index contributed by atoms with van der Waals surface area (Å²) in [7, 11) is 0. The van der Waals surface area contributed by atoms with E-state index in [4.69, 9.17) is 0 Å². The van der Waals surface area contributed by atoms with Crippen LogP contribution in [0.3, 0.4) is 0 Å². The molecule has 0 radical (unpaired) electrons. The first-order valence-electron chi connectivity index (χ1n) is 9.55. The molecule has 2 aromatic rings. The first kappa shape index (κ1) is 18.9. The first-order chi connectivity index (χ1) is 13.5. The van der Waals surface area contributed by atoms with Gasteiger partial charge in [-0.05, 0) is 37.5 Å². The van der Waals surface area contributed by atoms with Crippen LogP contribution < -0.4 is 4.90 Å². The van der Waals surface area contributed by atoms with Crippen molar-refractivity contribution in [3.05, 3.63) is 46.7 Å². The van der Waals surface area contributed by atoms with Crippen LogP contribution in [-0.2, 0) is 4.79 Å². The lowest BCUT2D eigenvalue weighted by molar-refractivity contribution is -0.133. The third-order valence-electron chi connectivity index (χ3n) is 5.50. The largest absolute Gasteiger partial charge is 0.337 e. The highest BCUT2D eigenvalue weighted by Gasteiger charge is 2.36. The van der Waals surface area contributed by atoms with Gasteiger partial charge in [0.1, 0.15) is 11.9 Å². The summed E-state index contributed by atoms with van der Waals surface area (Å²) in [5.74, 6) is -0.444. The van der Waals surface area contributed by atoms with Crippen LogP contribution in [0.1, 0.15) is 28.8 Å². The molecule has 1 atom stereocenters. The number of benzene rings is 1. The first-order valence-corrected chi connectivity index (χ1v) is 10.4. The van der Waals surface area contributed by atoms with Crippen molar-refractivity contribution in [3.63, 3.8) is 0 Å². The lowest BCUT2D eigenvalue weighted by atomic mass is 10.1. The van der Waals surface area contributed by atoms with E-state index in [1.165, 1.54) is 6.07 Å². The molecule has 0 N–H and O–H groups in total. The molecule has 4 rings (SSSR count). The molecule has 2 saturated heterocycles. The highest BCUT2D eigenvalue weighted by atomic mass is 32.1. The second kappa shape index (κ2) is 7.87. The summed E-state index contributed by atoms with van der Waals surface area (Å²) in [6.07, 6.45) is 3.58. The minimum atomic E-state index is -0.372. The number of hydrogen-bond donors (Lipinski definition) is 0. The predicted octanol–water partition coefficient (Wildman–Crippen LogP) is 2.54. The molecule has 1 unspecified atom stereocenters. The number of thiazole rings is 1. The Hall–Kier alpha value is -2.48. The lowest BCUT2D eigenvalue weighted by Crippen LogP contribution is -2.54. The molecule has 0 spiro atoms. The Balaban J connectivity index is 1.37. The fourth-order valence-corrected chi connectivity index (χ4v) is 4.58. The zero-order valence-corrected chi connectivity index (χ0v) is 16.6. The maximum Gasteiger partial charge on any atom is 0.254 e. The molecule has 1 aromatic carbocycles. The van der Waals surface area contributed by atoms with Gasteiger partial charge < -0.3 is 14.7 Å². The Bertz CT molecular complexity index is 865. The molecule has 148 valence electrons. The van der Waals surface area contributed by atoms with Crippen LogP contribution >= 0.6 is 11.3 Å². The smallest absolute Gasteiger partial charge is 0.254 e. The van der Waals surface area contributed by atoms with Gasteiger partial charge in [-0.2, -0.15) is 0 Å². The summed E-state index contributed by atoms with van der Waals surface area (Å²) in [5, 5.41) is 2.82. The van der Waals surface area contributed by atoms with Gasteiger partial charge in [0, 0.05) is 49.9 Å². The number of aromatic nitrogens is 1. The SMILES string of the molecule is Cc1ccc(C(=O)N2CCN(C(=O)C3CCCN3c3nccs3)CC2)cc1F. The molecule has 0 bridgehead atoms. The van der Waals surface area contributed by atoms with Crippen molar-refractivity contribution >= 4 is 28.3 Å². The Labute approximate surface area is 167 Å². The van der Waals surface area contributed by atoms with E-state index in [-0.39, 0.29) is 23.7 Å². The monoisotopic (exact) mass is 402 g/mol. The molecule has 2 aliphatic heterocycles. The number of nitrogens with zero attached hydrogens (tertiary/aromatic N) is 4. The molecule has 8 heteroatoms. The highest BCUT2D eigenvalue weighted by molar-refractivity contribution is 7.13. The second-order valence-electron chi connectivity index (χ2n) is 7.25. The number of rotatable bonds is 3. The molecule has 2 fully saturated rings. The second-order valence-corrected chi connectivity index (χ2v) is 8.12. The number of piperazine rings is 1. The third kappa shape index (κ3) is 3.61. The molecule has 0 aliphatic carbocycles. The van der Waals surface area contributed by atoms with Gasteiger partial charge >= 0.3 is 0 Å². The van der Waals surface area contributed by atoms with Crippen LogP contribution in [0, 0.1) is 12.7 Å². The molecule has 3 heterocycles. The van der Waals surface area contributed by atoms with Crippen molar-refractivity contribution in [1.82, 2.24) is 14.8 Å². The zero-order chi connectivity index (χ0) is 19.7.